The summed E-state index contributed by atoms with van der Waals surface area (Å²) in [6.45, 7) is 5.30. The summed E-state index contributed by atoms with van der Waals surface area (Å²) in [7, 11) is -3.45. The first kappa shape index (κ1) is 16.4. The molecule has 2 rings (SSSR count). The first-order chi connectivity index (χ1) is 10.1. The molecule has 0 spiro atoms. The van der Waals surface area contributed by atoms with Gasteiger partial charge in [-0.15, -0.1) is 0 Å². The maximum absolute atomic E-state index is 12.3. The molecule has 1 aromatic rings. The topological polar surface area (TPSA) is 87.5 Å². The van der Waals surface area contributed by atoms with Crippen LogP contribution in [0.5, 0.6) is 0 Å². The summed E-state index contributed by atoms with van der Waals surface area (Å²) in [5, 5.41) is 7.07. The van der Waals surface area contributed by atoms with Crippen LogP contribution in [0.4, 0.5) is 0 Å². The highest BCUT2D eigenvalue weighted by atomic mass is 32.2. The van der Waals surface area contributed by atoms with Crippen molar-refractivity contribution in [1.82, 2.24) is 19.5 Å². The summed E-state index contributed by atoms with van der Waals surface area (Å²) >= 11 is 0. The van der Waals surface area contributed by atoms with Gasteiger partial charge in [-0.05, 0) is 38.3 Å². The Balaban J connectivity index is 1.83. The van der Waals surface area contributed by atoms with E-state index in [9.17, 15) is 8.42 Å². The van der Waals surface area contributed by atoms with Crippen molar-refractivity contribution in [3.8, 4) is 0 Å². The SMILES string of the molecule is CCCNCC1CCCN(S(=O)(=O)NCc2ccon2)C1. The summed E-state index contributed by atoms with van der Waals surface area (Å²) in [6, 6.07) is 1.65. The molecule has 1 fully saturated rings. The number of nitrogens with zero attached hydrogens (tertiary/aromatic N) is 2. The molecule has 21 heavy (non-hydrogen) atoms. The number of hydrogen-bond acceptors (Lipinski definition) is 5. The van der Waals surface area contributed by atoms with E-state index >= 15 is 0 Å². The van der Waals surface area contributed by atoms with Gasteiger partial charge in [0.15, 0.2) is 0 Å². The molecule has 1 aliphatic heterocycles. The Morgan fingerprint density at radius 2 is 2.38 bits per heavy atom. The number of piperidine rings is 1. The lowest BCUT2D eigenvalue weighted by Crippen LogP contribution is -2.47. The largest absolute Gasteiger partial charge is 0.364 e. The zero-order valence-corrected chi connectivity index (χ0v) is 13.2. The third kappa shape index (κ3) is 5.06. The van der Waals surface area contributed by atoms with Crippen LogP contribution in [-0.2, 0) is 16.8 Å². The summed E-state index contributed by atoms with van der Waals surface area (Å²) in [5.41, 5.74) is 0.580. The van der Waals surface area contributed by atoms with Gasteiger partial charge in [-0.1, -0.05) is 12.1 Å². The maximum atomic E-state index is 12.3. The summed E-state index contributed by atoms with van der Waals surface area (Å²) in [6.07, 6.45) is 4.50. The molecule has 0 bridgehead atoms. The Hall–Kier alpha value is -0.960. The fraction of sp³-hybridized carbons (Fsp3) is 0.769. The van der Waals surface area contributed by atoms with Gasteiger partial charge in [-0.25, -0.2) is 0 Å². The molecular weight excluding hydrogens is 292 g/mol. The van der Waals surface area contributed by atoms with Crippen molar-refractivity contribution in [2.45, 2.75) is 32.7 Å². The van der Waals surface area contributed by atoms with Crippen LogP contribution in [0, 0.1) is 5.92 Å². The predicted octanol–water partition coefficient (Wildman–Crippen LogP) is 0.721. The van der Waals surface area contributed by atoms with Gasteiger partial charge in [0.05, 0.1) is 12.2 Å². The highest BCUT2D eigenvalue weighted by molar-refractivity contribution is 7.87. The second kappa shape index (κ2) is 7.88. The second-order valence-corrected chi connectivity index (χ2v) is 7.14. The normalized spacial score (nSPS) is 20.7. The summed E-state index contributed by atoms with van der Waals surface area (Å²) in [5.74, 6) is 0.383. The molecule has 0 saturated carbocycles. The molecule has 2 N–H and O–H groups in total. The molecule has 1 unspecified atom stereocenters. The second-order valence-electron chi connectivity index (χ2n) is 5.39. The zero-order chi connectivity index (χ0) is 15.1. The van der Waals surface area contributed by atoms with Gasteiger partial charge in [0, 0.05) is 19.2 Å². The standard InChI is InChI=1S/C13H24N4O3S/c1-2-6-14-9-12-4-3-7-17(11-12)21(18,19)15-10-13-5-8-20-16-13/h5,8,12,14-15H,2-4,6-7,9-11H2,1H3. The van der Waals surface area contributed by atoms with Crippen LogP contribution in [0.1, 0.15) is 31.9 Å². The molecule has 0 radical (unpaired) electrons. The molecule has 7 nitrogen and oxygen atoms in total. The van der Waals surface area contributed by atoms with Crippen molar-refractivity contribution in [3.63, 3.8) is 0 Å². The molecule has 2 heterocycles. The Bertz CT molecular complexity index is 503. The lowest BCUT2D eigenvalue weighted by atomic mass is 10.00. The van der Waals surface area contributed by atoms with Crippen LogP contribution in [-0.4, -0.2) is 44.1 Å². The maximum Gasteiger partial charge on any atom is 0.279 e. The molecule has 1 atom stereocenters. The average Bonchev–Trinajstić information content (AvgIpc) is 2.99. The Kier molecular flexibility index (Phi) is 6.16. The first-order valence-electron chi connectivity index (χ1n) is 7.46. The van der Waals surface area contributed by atoms with E-state index in [1.54, 1.807) is 6.07 Å². The molecule has 8 heteroatoms. The van der Waals surface area contributed by atoms with Crippen molar-refractivity contribution < 1.29 is 12.9 Å². The van der Waals surface area contributed by atoms with Crippen LogP contribution < -0.4 is 10.0 Å². The predicted molar refractivity (Wildman–Crippen MR) is 79.7 cm³/mol. The monoisotopic (exact) mass is 316 g/mol. The van der Waals surface area contributed by atoms with Gasteiger partial charge in [0.2, 0.25) is 0 Å². The van der Waals surface area contributed by atoms with Gasteiger partial charge < -0.3 is 9.84 Å². The fourth-order valence-electron chi connectivity index (χ4n) is 2.48. The van der Waals surface area contributed by atoms with E-state index in [1.807, 2.05) is 0 Å². The van der Waals surface area contributed by atoms with Gasteiger partial charge in [-0.3, -0.25) is 0 Å². The number of aromatic nitrogens is 1. The molecular formula is C13H24N4O3S. The number of rotatable bonds is 8. The molecule has 0 aromatic carbocycles. The van der Waals surface area contributed by atoms with Crippen molar-refractivity contribution in [2.24, 2.45) is 5.92 Å². The Morgan fingerprint density at radius 1 is 1.52 bits per heavy atom. The van der Waals surface area contributed by atoms with E-state index < -0.39 is 10.2 Å². The van der Waals surface area contributed by atoms with Crippen molar-refractivity contribution >= 4 is 10.2 Å². The first-order valence-corrected chi connectivity index (χ1v) is 8.90. The molecule has 1 aliphatic rings. The van der Waals surface area contributed by atoms with E-state index in [0.29, 0.717) is 24.7 Å². The smallest absolute Gasteiger partial charge is 0.279 e. The molecule has 0 aliphatic carbocycles. The highest BCUT2D eigenvalue weighted by Crippen LogP contribution is 2.18. The minimum atomic E-state index is -3.45. The lowest BCUT2D eigenvalue weighted by Gasteiger charge is -2.32. The van der Waals surface area contributed by atoms with Crippen LogP contribution in [0.15, 0.2) is 16.9 Å². The van der Waals surface area contributed by atoms with Gasteiger partial charge in [-0.2, -0.15) is 17.4 Å². The zero-order valence-electron chi connectivity index (χ0n) is 12.4. The third-order valence-corrected chi connectivity index (χ3v) is 5.13. The Morgan fingerprint density at radius 3 is 3.10 bits per heavy atom. The van der Waals surface area contributed by atoms with Crippen LogP contribution in [0.25, 0.3) is 0 Å². The third-order valence-electron chi connectivity index (χ3n) is 3.61. The molecule has 1 aromatic heterocycles. The van der Waals surface area contributed by atoms with Crippen molar-refractivity contribution in [3.05, 3.63) is 18.0 Å². The molecule has 0 amide bonds. The van der Waals surface area contributed by atoms with Crippen LogP contribution >= 0.6 is 0 Å². The van der Waals surface area contributed by atoms with E-state index in [1.165, 1.54) is 10.6 Å². The minimum absolute atomic E-state index is 0.161. The molecule has 1 saturated heterocycles. The summed E-state index contributed by atoms with van der Waals surface area (Å²) in [4.78, 5) is 0. The average molecular weight is 316 g/mol. The minimum Gasteiger partial charge on any atom is -0.364 e. The fourth-order valence-corrected chi connectivity index (χ4v) is 3.77. The Labute approximate surface area is 126 Å². The van der Waals surface area contributed by atoms with E-state index in [0.717, 1.165) is 32.4 Å². The van der Waals surface area contributed by atoms with Gasteiger partial charge in [0.1, 0.15) is 6.26 Å². The van der Waals surface area contributed by atoms with E-state index in [-0.39, 0.29) is 6.54 Å². The van der Waals surface area contributed by atoms with Crippen molar-refractivity contribution in [1.29, 1.82) is 0 Å². The van der Waals surface area contributed by atoms with Crippen molar-refractivity contribution in [2.75, 3.05) is 26.2 Å². The van der Waals surface area contributed by atoms with Crippen LogP contribution in [0.3, 0.4) is 0 Å². The number of hydrogen-bond donors (Lipinski definition) is 2. The molecule has 120 valence electrons. The van der Waals surface area contributed by atoms with Crippen LogP contribution in [0.2, 0.25) is 0 Å². The van der Waals surface area contributed by atoms with E-state index in [4.69, 9.17) is 4.52 Å². The van der Waals surface area contributed by atoms with Gasteiger partial charge >= 0.3 is 0 Å². The van der Waals surface area contributed by atoms with E-state index in [2.05, 4.69) is 22.1 Å². The number of nitrogens with one attached hydrogen (secondary N) is 2. The highest BCUT2D eigenvalue weighted by Gasteiger charge is 2.28. The lowest BCUT2D eigenvalue weighted by molar-refractivity contribution is 0.257. The van der Waals surface area contributed by atoms with Gasteiger partial charge in [0.25, 0.3) is 10.2 Å². The quantitative estimate of drug-likeness (QED) is 0.690. The summed E-state index contributed by atoms with van der Waals surface area (Å²) < 4.78 is 33.4.